The third-order valence-corrected chi connectivity index (χ3v) is 9.14. The summed E-state index contributed by atoms with van der Waals surface area (Å²) in [7, 11) is 3.21. The first kappa shape index (κ1) is 27.1. The van der Waals surface area contributed by atoms with Crippen molar-refractivity contribution in [3.8, 4) is 0 Å². The zero-order valence-corrected chi connectivity index (χ0v) is 23.2. The van der Waals surface area contributed by atoms with Gasteiger partial charge >= 0.3 is 5.97 Å². The quantitative estimate of drug-likeness (QED) is 0.242. The molecule has 6 nitrogen and oxygen atoms in total. The number of methoxy groups -OCH3 is 1. The second-order valence-electron chi connectivity index (χ2n) is 8.13. The Kier molecular flexibility index (Phi) is 8.53. The molecule has 0 bridgehead atoms. The SMILES string of the molecule is COC(=O)CCn1c(=O)/c(=C2\Sc3cc(F)ccc3N2C)s/c1=C\c1scc[n+]1Cc1ccccc1.[Cl-]. The highest BCUT2D eigenvalue weighted by Crippen LogP contribution is 2.45. The molecule has 0 N–H and O–H groups in total. The molecule has 2 aromatic carbocycles. The van der Waals surface area contributed by atoms with E-state index in [1.54, 1.807) is 22.0 Å². The van der Waals surface area contributed by atoms with Gasteiger partial charge in [-0.05, 0) is 18.2 Å². The molecule has 1 aliphatic heterocycles. The summed E-state index contributed by atoms with van der Waals surface area (Å²) in [6.45, 7) is 0.915. The number of esters is 1. The van der Waals surface area contributed by atoms with Gasteiger partial charge in [0.1, 0.15) is 20.0 Å². The number of carbonyl (C=O) groups excluding carboxylic acids is 1. The van der Waals surface area contributed by atoms with Crippen LogP contribution in [0.5, 0.6) is 0 Å². The third-order valence-electron chi connectivity index (χ3n) is 5.82. The summed E-state index contributed by atoms with van der Waals surface area (Å²) in [6, 6.07) is 14.8. The first-order chi connectivity index (χ1) is 17.4. The molecule has 0 radical (unpaired) electrons. The van der Waals surface area contributed by atoms with Crippen LogP contribution in [-0.4, -0.2) is 24.7 Å². The largest absolute Gasteiger partial charge is 1.00 e. The van der Waals surface area contributed by atoms with E-state index < -0.39 is 0 Å². The van der Waals surface area contributed by atoms with Crippen LogP contribution >= 0.6 is 34.4 Å². The normalized spacial score (nSPS) is 14.5. The van der Waals surface area contributed by atoms with Crippen molar-refractivity contribution in [3.05, 3.63) is 96.0 Å². The van der Waals surface area contributed by atoms with E-state index in [1.807, 2.05) is 47.8 Å². The lowest BCUT2D eigenvalue weighted by Crippen LogP contribution is -3.00. The maximum Gasteiger partial charge on any atom is 0.307 e. The van der Waals surface area contributed by atoms with Gasteiger partial charge in [0.2, 0.25) is 0 Å². The van der Waals surface area contributed by atoms with Crippen LogP contribution in [0.3, 0.4) is 0 Å². The summed E-state index contributed by atoms with van der Waals surface area (Å²) in [5.41, 5.74) is 1.86. The van der Waals surface area contributed by atoms with E-state index in [9.17, 15) is 14.0 Å². The van der Waals surface area contributed by atoms with Crippen molar-refractivity contribution >= 4 is 57.2 Å². The number of thiazole rings is 2. The van der Waals surface area contributed by atoms with Crippen LogP contribution in [0.25, 0.3) is 11.1 Å². The van der Waals surface area contributed by atoms with Crippen LogP contribution in [0.2, 0.25) is 0 Å². The Morgan fingerprint density at radius 2 is 1.97 bits per heavy atom. The van der Waals surface area contributed by atoms with Gasteiger partial charge in [-0.2, -0.15) is 4.57 Å². The first-order valence-corrected chi connectivity index (χ1v) is 13.7. The molecule has 5 rings (SSSR count). The second-order valence-corrected chi connectivity index (χ2v) is 11.1. The number of halogens is 2. The molecule has 11 heteroatoms. The molecule has 1 aliphatic rings. The van der Waals surface area contributed by atoms with E-state index in [2.05, 4.69) is 16.7 Å². The predicted molar refractivity (Wildman–Crippen MR) is 142 cm³/mol. The maximum atomic E-state index is 13.8. The fraction of sp³-hybridized carbons (Fsp3) is 0.192. The van der Waals surface area contributed by atoms with Gasteiger partial charge in [0.25, 0.3) is 10.6 Å². The van der Waals surface area contributed by atoms with E-state index >= 15 is 0 Å². The van der Waals surface area contributed by atoms with Gasteiger partial charge in [-0.25, -0.2) is 4.39 Å². The number of ether oxygens (including phenoxy) is 1. The Labute approximate surface area is 231 Å². The number of hydrogen-bond donors (Lipinski definition) is 0. The number of anilines is 1. The lowest BCUT2D eigenvalue weighted by Gasteiger charge is -2.12. The van der Waals surface area contributed by atoms with Gasteiger partial charge in [0, 0.05) is 24.1 Å². The summed E-state index contributed by atoms with van der Waals surface area (Å²) in [4.78, 5) is 28.2. The number of fused-ring (bicyclic) bond motifs is 1. The highest BCUT2D eigenvalue weighted by molar-refractivity contribution is 8.08. The monoisotopic (exact) mass is 575 g/mol. The number of aromatic nitrogens is 2. The average Bonchev–Trinajstić information content (AvgIpc) is 3.54. The summed E-state index contributed by atoms with van der Waals surface area (Å²) in [5.74, 6) is -0.689. The molecular weight excluding hydrogens is 553 g/mol. The van der Waals surface area contributed by atoms with E-state index in [4.69, 9.17) is 4.74 Å². The zero-order valence-electron chi connectivity index (χ0n) is 20.0. The topological polar surface area (TPSA) is 55.4 Å². The van der Waals surface area contributed by atoms with E-state index in [-0.39, 0.29) is 42.7 Å². The van der Waals surface area contributed by atoms with Gasteiger partial charge in [-0.3, -0.25) is 14.2 Å². The van der Waals surface area contributed by atoms with Crippen molar-refractivity contribution in [1.82, 2.24) is 4.57 Å². The van der Waals surface area contributed by atoms with Crippen LogP contribution < -0.4 is 36.6 Å². The average molecular weight is 576 g/mol. The van der Waals surface area contributed by atoms with Crippen molar-refractivity contribution in [2.45, 2.75) is 24.4 Å². The molecule has 0 spiro atoms. The minimum atomic E-state index is -0.376. The Balaban J connectivity index is 0.00000320. The molecule has 0 saturated carbocycles. The second kappa shape index (κ2) is 11.6. The predicted octanol–water partition coefficient (Wildman–Crippen LogP) is 0.150. The van der Waals surface area contributed by atoms with Crippen LogP contribution in [0.1, 0.15) is 17.0 Å². The summed E-state index contributed by atoms with van der Waals surface area (Å²) < 4.78 is 23.7. The van der Waals surface area contributed by atoms with Crippen LogP contribution in [0.4, 0.5) is 10.1 Å². The molecule has 192 valence electrons. The van der Waals surface area contributed by atoms with Crippen LogP contribution in [-0.2, 0) is 22.6 Å². The van der Waals surface area contributed by atoms with Gasteiger partial charge in [0.05, 0.1) is 30.7 Å². The molecule has 37 heavy (non-hydrogen) atoms. The van der Waals surface area contributed by atoms with Crippen molar-refractivity contribution < 1.29 is 30.9 Å². The van der Waals surface area contributed by atoms with Crippen molar-refractivity contribution in [2.75, 3.05) is 19.1 Å². The maximum absolute atomic E-state index is 13.8. The molecule has 0 fully saturated rings. The lowest BCUT2D eigenvalue weighted by atomic mass is 10.2. The molecular formula is C26H23ClFN3O3S3. The lowest BCUT2D eigenvalue weighted by molar-refractivity contribution is -0.685. The molecule has 0 aliphatic carbocycles. The zero-order chi connectivity index (χ0) is 25.2. The van der Waals surface area contributed by atoms with Crippen LogP contribution in [0.15, 0.2) is 69.8 Å². The highest BCUT2D eigenvalue weighted by Gasteiger charge is 2.25. The van der Waals surface area contributed by atoms with Gasteiger partial charge in [0.15, 0.2) is 12.7 Å². The molecule has 0 atom stereocenters. The fourth-order valence-corrected chi connectivity index (χ4v) is 7.26. The Hall–Kier alpha value is -2.92. The van der Waals surface area contributed by atoms with Crippen molar-refractivity contribution in [2.24, 2.45) is 0 Å². The van der Waals surface area contributed by atoms with Gasteiger partial charge in [-0.1, -0.05) is 53.4 Å². The summed E-state index contributed by atoms with van der Waals surface area (Å²) in [6.07, 6.45) is 4.11. The summed E-state index contributed by atoms with van der Waals surface area (Å²) >= 11 is 4.34. The molecule has 0 amide bonds. The number of hydrogen-bond acceptors (Lipinski definition) is 7. The van der Waals surface area contributed by atoms with E-state index in [1.165, 1.54) is 47.9 Å². The minimum absolute atomic E-state index is 0. The molecule has 4 aromatic rings. The standard InChI is InChI=1S/C26H23FN3O3S3.ClH/c1-28-19-9-8-18(27)14-20(19)35-26(28)24-25(32)30(11-10-23(31)33-2)22(36-24)15-21-29(12-13-34-21)16-17-6-4-3-5-7-17;/h3-9,12-15H,10-11,16H2,1-2H3;1H/q+1;/p-1/b26-24+;. The number of rotatable bonds is 6. The first-order valence-electron chi connectivity index (χ1n) is 11.2. The fourth-order valence-electron chi connectivity index (χ4n) is 3.96. The number of carbonyl (C=O) groups is 1. The van der Waals surface area contributed by atoms with E-state index in [0.717, 1.165) is 25.3 Å². The number of thioether (sulfide) groups is 1. The van der Waals surface area contributed by atoms with Gasteiger partial charge < -0.3 is 22.0 Å². The van der Waals surface area contributed by atoms with E-state index in [0.29, 0.717) is 11.1 Å². The molecule has 0 unspecified atom stereocenters. The van der Waals surface area contributed by atoms with Crippen molar-refractivity contribution in [3.63, 3.8) is 0 Å². The number of benzene rings is 2. The highest BCUT2D eigenvalue weighted by atomic mass is 35.5. The molecule has 2 aromatic heterocycles. The number of nitrogens with zero attached hydrogens (tertiary/aromatic N) is 3. The summed E-state index contributed by atoms with van der Waals surface area (Å²) in [5, 5.41) is 3.75. The van der Waals surface area contributed by atoms with Crippen molar-refractivity contribution in [1.29, 1.82) is 0 Å². The Morgan fingerprint density at radius 1 is 1.19 bits per heavy atom. The van der Waals surface area contributed by atoms with Gasteiger partial charge in [-0.15, -0.1) is 11.3 Å². The minimum Gasteiger partial charge on any atom is -1.00 e. The third kappa shape index (κ3) is 5.67. The smallest absolute Gasteiger partial charge is 0.307 e. The Bertz CT molecular complexity index is 1620. The van der Waals surface area contributed by atoms with Crippen LogP contribution in [0, 0.1) is 5.82 Å². The Morgan fingerprint density at radius 3 is 2.73 bits per heavy atom. The molecule has 0 saturated heterocycles. The molecule has 3 heterocycles.